The Kier molecular flexibility index (Phi) is 8.41. The van der Waals surface area contributed by atoms with Crippen LogP contribution in [0.3, 0.4) is 0 Å². The van der Waals surface area contributed by atoms with E-state index in [9.17, 15) is 9.59 Å². The number of carbonyl (C=O) groups excluding carboxylic acids is 1. The first-order valence-electron chi connectivity index (χ1n) is 6.81. The molecule has 0 heterocycles. The number of carbonyl (C=O) groups is 2. The smallest absolute Gasteiger partial charge is 0.339 e. The molecular formula is C17H14Br2Cl2O4. The maximum atomic E-state index is 11.2. The molecule has 1 N–H and O–H groups in total. The third kappa shape index (κ3) is 5.99. The minimum absolute atomic E-state index is 0.167. The van der Waals surface area contributed by atoms with Gasteiger partial charge in [-0.1, -0.05) is 55.1 Å². The molecule has 0 spiro atoms. The van der Waals surface area contributed by atoms with Crippen LogP contribution < -0.4 is 0 Å². The predicted octanol–water partition coefficient (Wildman–Crippen LogP) is 6.31. The Labute approximate surface area is 172 Å². The van der Waals surface area contributed by atoms with Crippen molar-refractivity contribution >= 4 is 67.0 Å². The summed E-state index contributed by atoms with van der Waals surface area (Å²) < 4.78 is 6.24. The largest absolute Gasteiger partial charge is 0.478 e. The highest BCUT2D eigenvalue weighted by molar-refractivity contribution is 9.10. The Morgan fingerprint density at radius 3 is 1.64 bits per heavy atom. The minimum atomic E-state index is -0.995. The Hall–Kier alpha value is -1.08. The first-order valence-corrected chi connectivity index (χ1v) is 9.15. The zero-order chi connectivity index (χ0) is 19.3. The van der Waals surface area contributed by atoms with Gasteiger partial charge in [-0.3, -0.25) is 0 Å². The van der Waals surface area contributed by atoms with Crippen LogP contribution in [0.2, 0.25) is 10.0 Å². The van der Waals surface area contributed by atoms with Gasteiger partial charge in [0.15, 0.2) is 0 Å². The number of benzene rings is 2. The number of aryl methyl sites for hydroxylation is 2. The lowest BCUT2D eigenvalue weighted by atomic mass is 10.1. The Morgan fingerprint density at radius 1 is 0.920 bits per heavy atom. The third-order valence-electron chi connectivity index (χ3n) is 3.11. The molecule has 0 amide bonds. The lowest BCUT2D eigenvalue weighted by Crippen LogP contribution is -2.04. The van der Waals surface area contributed by atoms with Crippen LogP contribution in [0.4, 0.5) is 0 Å². The normalized spacial score (nSPS) is 9.88. The quantitative estimate of drug-likeness (QED) is 0.479. The fraction of sp³-hybridized carbons (Fsp3) is 0.176. The molecule has 8 heteroatoms. The van der Waals surface area contributed by atoms with E-state index in [1.807, 2.05) is 13.0 Å². The van der Waals surface area contributed by atoms with Crippen molar-refractivity contribution in [1.82, 2.24) is 0 Å². The average molecular weight is 513 g/mol. The molecule has 134 valence electrons. The summed E-state index contributed by atoms with van der Waals surface area (Å²) in [4.78, 5) is 21.9. The summed E-state index contributed by atoms with van der Waals surface area (Å²) in [6.45, 7) is 3.52. The Morgan fingerprint density at radius 2 is 1.32 bits per heavy atom. The Balaban J connectivity index is 0.000000251. The van der Waals surface area contributed by atoms with Crippen molar-refractivity contribution in [2.45, 2.75) is 13.8 Å². The SMILES string of the molecule is COC(=O)c1c(C)cc(Br)cc1Cl.Cc1cc(Br)cc(Cl)c1C(=O)O. The fourth-order valence-corrected chi connectivity index (χ4v) is 4.14. The standard InChI is InChI=1S/C9H8BrClO2.C8H6BrClO2/c1-5-3-6(10)4-7(11)8(5)9(12)13-2;1-4-2-5(9)3-6(10)7(4)8(11)12/h3-4H,1-2H3;2-3H,1H3,(H,11,12). The second-order valence-electron chi connectivity index (χ2n) is 4.96. The summed E-state index contributed by atoms with van der Waals surface area (Å²) >= 11 is 18.1. The molecule has 0 saturated carbocycles. The molecule has 0 aliphatic carbocycles. The van der Waals surface area contributed by atoms with Gasteiger partial charge in [0.1, 0.15) is 0 Å². The molecular weight excluding hydrogens is 499 g/mol. The monoisotopic (exact) mass is 510 g/mol. The van der Waals surface area contributed by atoms with Gasteiger partial charge in [-0.2, -0.15) is 0 Å². The summed E-state index contributed by atoms with van der Waals surface area (Å²) in [6, 6.07) is 6.77. The average Bonchev–Trinajstić information content (AvgIpc) is 2.44. The van der Waals surface area contributed by atoms with Crippen molar-refractivity contribution in [2.75, 3.05) is 7.11 Å². The van der Waals surface area contributed by atoms with E-state index in [1.165, 1.54) is 7.11 Å². The number of carboxylic acids is 1. The van der Waals surface area contributed by atoms with Crippen molar-refractivity contribution < 1.29 is 19.4 Å². The molecule has 2 aromatic rings. The molecule has 0 unspecified atom stereocenters. The molecule has 0 aromatic heterocycles. The number of ether oxygens (including phenoxy) is 1. The predicted molar refractivity (Wildman–Crippen MR) is 106 cm³/mol. The van der Waals surface area contributed by atoms with Crippen LogP contribution in [0.25, 0.3) is 0 Å². The van der Waals surface area contributed by atoms with Gasteiger partial charge in [0.2, 0.25) is 0 Å². The van der Waals surface area contributed by atoms with E-state index in [-0.39, 0.29) is 10.6 Å². The first-order chi connectivity index (χ1) is 11.6. The van der Waals surface area contributed by atoms with Crippen LogP contribution in [0.1, 0.15) is 31.8 Å². The van der Waals surface area contributed by atoms with Crippen LogP contribution in [0.15, 0.2) is 33.2 Å². The summed E-state index contributed by atoms with van der Waals surface area (Å²) in [5, 5.41) is 9.40. The van der Waals surface area contributed by atoms with E-state index < -0.39 is 11.9 Å². The van der Waals surface area contributed by atoms with Gasteiger partial charge in [-0.25, -0.2) is 9.59 Å². The number of methoxy groups -OCH3 is 1. The lowest BCUT2D eigenvalue weighted by Gasteiger charge is -2.06. The minimum Gasteiger partial charge on any atom is -0.478 e. The number of hydrogen-bond donors (Lipinski definition) is 1. The van der Waals surface area contributed by atoms with E-state index in [0.717, 1.165) is 14.5 Å². The van der Waals surface area contributed by atoms with E-state index >= 15 is 0 Å². The van der Waals surface area contributed by atoms with Gasteiger partial charge in [0, 0.05) is 8.95 Å². The molecule has 0 aliphatic rings. The number of esters is 1. The summed E-state index contributed by atoms with van der Waals surface area (Å²) in [5.41, 5.74) is 2.04. The van der Waals surface area contributed by atoms with E-state index in [4.69, 9.17) is 28.3 Å². The van der Waals surface area contributed by atoms with Crippen LogP contribution in [0, 0.1) is 13.8 Å². The lowest BCUT2D eigenvalue weighted by molar-refractivity contribution is 0.0599. The Bertz CT molecular complexity index is 776. The zero-order valence-corrected chi connectivity index (χ0v) is 18.2. The number of rotatable bonds is 2. The molecule has 0 aliphatic heterocycles. The van der Waals surface area contributed by atoms with Gasteiger partial charge in [0.25, 0.3) is 0 Å². The molecule has 4 nitrogen and oxygen atoms in total. The van der Waals surface area contributed by atoms with Gasteiger partial charge >= 0.3 is 11.9 Å². The molecule has 0 radical (unpaired) electrons. The van der Waals surface area contributed by atoms with Gasteiger partial charge in [0.05, 0.1) is 28.3 Å². The number of aromatic carboxylic acids is 1. The topological polar surface area (TPSA) is 63.6 Å². The summed E-state index contributed by atoms with van der Waals surface area (Å²) in [6.07, 6.45) is 0. The molecule has 2 rings (SSSR count). The first kappa shape index (κ1) is 22.0. The molecule has 2 aromatic carbocycles. The van der Waals surface area contributed by atoms with E-state index in [2.05, 4.69) is 36.6 Å². The highest BCUT2D eigenvalue weighted by Gasteiger charge is 2.14. The maximum absolute atomic E-state index is 11.2. The maximum Gasteiger partial charge on any atom is 0.339 e. The molecule has 0 fully saturated rings. The van der Waals surface area contributed by atoms with Crippen LogP contribution in [0.5, 0.6) is 0 Å². The highest BCUT2D eigenvalue weighted by Crippen LogP contribution is 2.26. The number of halogens is 4. The van der Waals surface area contributed by atoms with E-state index in [0.29, 0.717) is 16.1 Å². The van der Waals surface area contributed by atoms with Crippen molar-refractivity contribution in [3.05, 3.63) is 65.5 Å². The van der Waals surface area contributed by atoms with Crippen molar-refractivity contribution in [3.63, 3.8) is 0 Å². The van der Waals surface area contributed by atoms with Crippen LogP contribution >= 0.6 is 55.1 Å². The van der Waals surface area contributed by atoms with Crippen molar-refractivity contribution in [3.8, 4) is 0 Å². The van der Waals surface area contributed by atoms with Gasteiger partial charge in [-0.05, 0) is 49.2 Å². The third-order valence-corrected chi connectivity index (χ3v) is 4.62. The summed E-state index contributed by atoms with van der Waals surface area (Å²) in [5.74, 6) is -1.40. The molecule has 0 atom stereocenters. The van der Waals surface area contributed by atoms with Crippen LogP contribution in [-0.4, -0.2) is 24.2 Å². The molecule has 0 saturated heterocycles. The number of carboxylic acid groups (broad SMARTS) is 1. The second-order valence-corrected chi connectivity index (χ2v) is 7.60. The van der Waals surface area contributed by atoms with Gasteiger partial charge in [-0.15, -0.1) is 0 Å². The van der Waals surface area contributed by atoms with E-state index in [1.54, 1.807) is 25.1 Å². The van der Waals surface area contributed by atoms with Crippen molar-refractivity contribution in [2.24, 2.45) is 0 Å². The van der Waals surface area contributed by atoms with Gasteiger partial charge < -0.3 is 9.84 Å². The second kappa shape index (κ2) is 9.57. The number of hydrogen-bond acceptors (Lipinski definition) is 3. The van der Waals surface area contributed by atoms with Crippen molar-refractivity contribution in [1.29, 1.82) is 0 Å². The summed E-state index contributed by atoms with van der Waals surface area (Å²) in [7, 11) is 1.33. The fourth-order valence-electron chi connectivity index (χ4n) is 2.04. The zero-order valence-electron chi connectivity index (χ0n) is 13.5. The molecule has 25 heavy (non-hydrogen) atoms. The van der Waals surface area contributed by atoms with Crippen LogP contribution in [-0.2, 0) is 4.74 Å². The highest BCUT2D eigenvalue weighted by atomic mass is 79.9. The molecule has 0 bridgehead atoms.